The number of nitrogens with zero attached hydrogens (tertiary/aromatic N) is 1. The zero-order valence-corrected chi connectivity index (χ0v) is 11.7. The van der Waals surface area contributed by atoms with E-state index in [1.54, 1.807) is 6.07 Å². The molecule has 0 saturated heterocycles. The van der Waals surface area contributed by atoms with Crippen LogP contribution in [0.4, 0.5) is 5.82 Å². The van der Waals surface area contributed by atoms with Crippen molar-refractivity contribution < 1.29 is 4.79 Å². The van der Waals surface area contributed by atoms with E-state index in [1.165, 1.54) is 0 Å². The first kappa shape index (κ1) is 12.1. The lowest BCUT2D eigenvalue weighted by Crippen LogP contribution is -2.13. The van der Waals surface area contributed by atoms with Gasteiger partial charge in [-0.05, 0) is 54.6 Å². The molecule has 0 aliphatic rings. The second-order valence-corrected chi connectivity index (χ2v) is 5.03. The Kier molecular flexibility index (Phi) is 3.46. The molecule has 2 rings (SSSR count). The standard InChI is InChI=1S/C12H12IN3O/c1-7-8(2)15-16-11(7)14-12(17)9-4-3-5-10(13)6-9/h3-6H,1-2H3,(H2,14,15,16,17). The average molecular weight is 341 g/mol. The molecule has 0 atom stereocenters. The Bertz CT molecular complexity index is 563. The maximum Gasteiger partial charge on any atom is 0.256 e. The van der Waals surface area contributed by atoms with Crippen molar-refractivity contribution in [2.45, 2.75) is 13.8 Å². The van der Waals surface area contributed by atoms with Crippen molar-refractivity contribution in [2.75, 3.05) is 5.32 Å². The van der Waals surface area contributed by atoms with Gasteiger partial charge in [-0.15, -0.1) is 0 Å². The predicted octanol–water partition coefficient (Wildman–Crippen LogP) is 2.88. The fraction of sp³-hybridized carbons (Fsp3) is 0.167. The highest BCUT2D eigenvalue weighted by Gasteiger charge is 2.11. The molecule has 0 unspecified atom stereocenters. The van der Waals surface area contributed by atoms with Gasteiger partial charge in [0, 0.05) is 20.4 Å². The highest BCUT2D eigenvalue weighted by atomic mass is 127. The van der Waals surface area contributed by atoms with E-state index < -0.39 is 0 Å². The molecule has 0 bridgehead atoms. The second kappa shape index (κ2) is 4.87. The van der Waals surface area contributed by atoms with E-state index in [9.17, 15) is 4.79 Å². The maximum absolute atomic E-state index is 12.0. The van der Waals surface area contributed by atoms with Crippen LogP contribution in [0.1, 0.15) is 21.6 Å². The smallest absolute Gasteiger partial charge is 0.256 e. The van der Waals surface area contributed by atoms with Crippen LogP contribution < -0.4 is 5.32 Å². The van der Waals surface area contributed by atoms with Gasteiger partial charge in [-0.2, -0.15) is 5.10 Å². The van der Waals surface area contributed by atoms with Crippen molar-refractivity contribution in [1.29, 1.82) is 0 Å². The minimum Gasteiger partial charge on any atom is -0.305 e. The third-order valence-corrected chi connectivity index (χ3v) is 3.24. The number of hydrogen-bond acceptors (Lipinski definition) is 2. The molecule has 17 heavy (non-hydrogen) atoms. The largest absolute Gasteiger partial charge is 0.305 e. The van der Waals surface area contributed by atoms with Crippen molar-refractivity contribution in [3.8, 4) is 0 Å². The number of carbonyl (C=O) groups is 1. The normalized spacial score (nSPS) is 10.3. The summed E-state index contributed by atoms with van der Waals surface area (Å²) in [7, 11) is 0. The summed E-state index contributed by atoms with van der Waals surface area (Å²) in [6, 6.07) is 7.43. The van der Waals surface area contributed by atoms with Crippen molar-refractivity contribution >= 4 is 34.3 Å². The monoisotopic (exact) mass is 341 g/mol. The molecule has 0 aliphatic carbocycles. The van der Waals surface area contributed by atoms with E-state index >= 15 is 0 Å². The second-order valence-electron chi connectivity index (χ2n) is 3.79. The molecule has 2 aromatic rings. The molecule has 1 heterocycles. The molecule has 1 amide bonds. The molecule has 5 heteroatoms. The molecule has 0 spiro atoms. The van der Waals surface area contributed by atoms with Gasteiger partial charge in [0.1, 0.15) is 0 Å². The molecule has 2 N–H and O–H groups in total. The fourth-order valence-corrected chi connectivity index (χ4v) is 1.96. The van der Waals surface area contributed by atoms with Crippen molar-refractivity contribution in [3.63, 3.8) is 0 Å². The molecule has 0 aliphatic heterocycles. The van der Waals surface area contributed by atoms with Gasteiger partial charge in [-0.1, -0.05) is 6.07 Å². The van der Waals surface area contributed by atoms with Crippen LogP contribution in [0.15, 0.2) is 24.3 Å². The van der Waals surface area contributed by atoms with E-state index in [0.29, 0.717) is 11.4 Å². The fourth-order valence-electron chi connectivity index (χ4n) is 1.42. The van der Waals surface area contributed by atoms with Gasteiger partial charge < -0.3 is 5.32 Å². The molecule has 1 aromatic heterocycles. The number of aryl methyl sites for hydroxylation is 1. The number of aromatic nitrogens is 2. The van der Waals surface area contributed by atoms with Gasteiger partial charge in [-0.25, -0.2) is 0 Å². The predicted molar refractivity (Wildman–Crippen MR) is 75.2 cm³/mol. The van der Waals surface area contributed by atoms with E-state index in [-0.39, 0.29) is 5.91 Å². The van der Waals surface area contributed by atoms with Crippen LogP contribution in [-0.2, 0) is 0 Å². The van der Waals surface area contributed by atoms with Gasteiger partial charge in [0.25, 0.3) is 5.91 Å². The quantitative estimate of drug-likeness (QED) is 0.826. The third kappa shape index (κ3) is 2.66. The van der Waals surface area contributed by atoms with Crippen molar-refractivity contribution in [2.24, 2.45) is 0 Å². The first-order chi connectivity index (χ1) is 8.08. The van der Waals surface area contributed by atoms with Crippen molar-refractivity contribution in [1.82, 2.24) is 10.2 Å². The van der Waals surface area contributed by atoms with Crippen LogP contribution in [0.25, 0.3) is 0 Å². The Labute approximate surface area is 113 Å². The Balaban J connectivity index is 2.20. The summed E-state index contributed by atoms with van der Waals surface area (Å²) in [6.45, 7) is 3.84. The number of carbonyl (C=O) groups excluding carboxylic acids is 1. The molecular weight excluding hydrogens is 329 g/mol. The van der Waals surface area contributed by atoms with Crippen LogP contribution >= 0.6 is 22.6 Å². The van der Waals surface area contributed by atoms with E-state index in [4.69, 9.17) is 0 Å². The summed E-state index contributed by atoms with van der Waals surface area (Å²) in [4.78, 5) is 12.0. The summed E-state index contributed by atoms with van der Waals surface area (Å²) in [5, 5.41) is 9.67. The van der Waals surface area contributed by atoms with Crippen LogP contribution in [0, 0.1) is 17.4 Å². The van der Waals surface area contributed by atoms with Crippen LogP contribution in [0.5, 0.6) is 0 Å². The summed E-state index contributed by atoms with van der Waals surface area (Å²) in [5.41, 5.74) is 2.56. The zero-order valence-electron chi connectivity index (χ0n) is 9.54. The maximum atomic E-state index is 12.0. The molecule has 0 radical (unpaired) electrons. The lowest BCUT2D eigenvalue weighted by atomic mass is 10.2. The lowest BCUT2D eigenvalue weighted by molar-refractivity contribution is 0.102. The van der Waals surface area contributed by atoms with Gasteiger partial charge in [0.2, 0.25) is 0 Å². The number of hydrogen-bond donors (Lipinski definition) is 2. The van der Waals surface area contributed by atoms with Crippen LogP contribution in [-0.4, -0.2) is 16.1 Å². The number of nitrogens with one attached hydrogen (secondary N) is 2. The number of anilines is 1. The summed E-state index contributed by atoms with van der Waals surface area (Å²) < 4.78 is 1.03. The first-order valence-corrected chi connectivity index (χ1v) is 6.24. The van der Waals surface area contributed by atoms with Gasteiger partial charge >= 0.3 is 0 Å². The number of rotatable bonds is 2. The van der Waals surface area contributed by atoms with E-state index in [2.05, 4.69) is 38.1 Å². The van der Waals surface area contributed by atoms with Crippen molar-refractivity contribution in [3.05, 3.63) is 44.7 Å². The Hall–Kier alpha value is -1.37. The van der Waals surface area contributed by atoms with Gasteiger partial charge in [0.15, 0.2) is 5.82 Å². The molecule has 0 saturated carbocycles. The molecular formula is C12H12IN3O. The molecule has 0 fully saturated rings. The number of H-pyrrole nitrogens is 1. The van der Waals surface area contributed by atoms with Gasteiger partial charge in [-0.3, -0.25) is 9.89 Å². The van der Waals surface area contributed by atoms with E-state index in [1.807, 2.05) is 32.0 Å². The molecule has 4 nitrogen and oxygen atoms in total. The Morgan fingerprint density at radius 3 is 2.76 bits per heavy atom. The lowest BCUT2D eigenvalue weighted by Gasteiger charge is -2.03. The zero-order chi connectivity index (χ0) is 12.4. The number of benzene rings is 1. The Morgan fingerprint density at radius 2 is 2.18 bits per heavy atom. The minimum atomic E-state index is -0.141. The minimum absolute atomic E-state index is 0.141. The summed E-state index contributed by atoms with van der Waals surface area (Å²) in [6.07, 6.45) is 0. The van der Waals surface area contributed by atoms with Crippen LogP contribution in [0.2, 0.25) is 0 Å². The third-order valence-electron chi connectivity index (χ3n) is 2.57. The number of aromatic amines is 1. The van der Waals surface area contributed by atoms with Gasteiger partial charge in [0.05, 0.1) is 0 Å². The summed E-state index contributed by atoms with van der Waals surface area (Å²) in [5.74, 6) is 0.449. The molecule has 1 aromatic carbocycles. The topological polar surface area (TPSA) is 57.8 Å². The summed E-state index contributed by atoms with van der Waals surface area (Å²) >= 11 is 2.18. The molecule has 88 valence electrons. The highest BCUT2D eigenvalue weighted by Crippen LogP contribution is 2.15. The number of amides is 1. The average Bonchev–Trinajstić information content (AvgIpc) is 2.61. The highest BCUT2D eigenvalue weighted by molar-refractivity contribution is 14.1. The van der Waals surface area contributed by atoms with Crippen LogP contribution in [0.3, 0.4) is 0 Å². The number of halogens is 1. The first-order valence-electron chi connectivity index (χ1n) is 5.16. The SMILES string of the molecule is Cc1[nH]nc(NC(=O)c2cccc(I)c2)c1C. The Morgan fingerprint density at radius 1 is 1.41 bits per heavy atom. The van der Waals surface area contributed by atoms with E-state index in [0.717, 1.165) is 14.8 Å².